The molecule has 1 amide bonds. The summed E-state index contributed by atoms with van der Waals surface area (Å²) in [6, 6.07) is 21.1. The highest BCUT2D eigenvalue weighted by Crippen LogP contribution is 2.32. The predicted octanol–water partition coefficient (Wildman–Crippen LogP) is 5.30. The Morgan fingerprint density at radius 1 is 1.00 bits per heavy atom. The first-order chi connectivity index (χ1) is 14.6. The van der Waals surface area contributed by atoms with E-state index in [1.807, 2.05) is 36.7 Å². The van der Waals surface area contributed by atoms with Crippen molar-refractivity contribution < 1.29 is 4.79 Å². The zero-order valence-electron chi connectivity index (χ0n) is 18.1. The molecule has 4 nitrogen and oxygen atoms in total. The first kappa shape index (κ1) is 21.8. The number of aromatic nitrogens is 2. The summed E-state index contributed by atoms with van der Waals surface area (Å²) in [6.07, 6.45) is 8.42. The van der Waals surface area contributed by atoms with Crippen molar-refractivity contribution in [3.63, 3.8) is 0 Å². The largest absolute Gasteiger partial charge is 0.369 e. The lowest BCUT2D eigenvalue weighted by atomic mass is 9.80. The van der Waals surface area contributed by atoms with Crippen LogP contribution in [0.2, 0.25) is 0 Å². The molecular weight excluding hydrogens is 370 g/mol. The van der Waals surface area contributed by atoms with Gasteiger partial charge in [0.25, 0.3) is 0 Å². The summed E-state index contributed by atoms with van der Waals surface area (Å²) in [5.74, 6) is 0.612. The van der Waals surface area contributed by atoms with Gasteiger partial charge in [-0.1, -0.05) is 67.1 Å². The normalized spacial score (nSPS) is 13.3. The van der Waals surface area contributed by atoms with Gasteiger partial charge in [0.2, 0.25) is 5.91 Å². The second kappa shape index (κ2) is 10.8. The van der Waals surface area contributed by atoms with Gasteiger partial charge in [0.05, 0.1) is 0 Å². The van der Waals surface area contributed by atoms with Crippen LogP contribution in [0.1, 0.15) is 62.0 Å². The van der Waals surface area contributed by atoms with Crippen LogP contribution in [0.5, 0.6) is 0 Å². The highest BCUT2D eigenvalue weighted by molar-refractivity contribution is 5.77. The van der Waals surface area contributed by atoms with Gasteiger partial charge in [0.15, 0.2) is 0 Å². The van der Waals surface area contributed by atoms with Crippen molar-refractivity contribution in [1.82, 2.24) is 9.55 Å². The second-order valence-corrected chi connectivity index (χ2v) is 8.31. The number of imidazole rings is 1. The third kappa shape index (κ3) is 5.82. The molecule has 2 unspecified atom stereocenters. The molecule has 0 spiro atoms. The minimum Gasteiger partial charge on any atom is -0.369 e. The Bertz CT molecular complexity index is 902. The lowest BCUT2D eigenvalue weighted by molar-refractivity contribution is -0.122. The van der Waals surface area contributed by atoms with Gasteiger partial charge in [-0.3, -0.25) is 4.79 Å². The van der Waals surface area contributed by atoms with E-state index in [4.69, 9.17) is 5.73 Å². The van der Waals surface area contributed by atoms with Crippen LogP contribution in [-0.4, -0.2) is 15.5 Å². The van der Waals surface area contributed by atoms with Gasteiger partial charge in [-0.15, -0.1) is 0 Å². The van der Waals surface area contributed by atoms with E-state index in [0.717, 1.165) is 37.1 Å². The van der Waals surface area contributed by atoms with E-state index in [9.17, 15) is 4.79 Å². The standard InChI is InChI=1S/C26H33N3O/c1-20(2)29-18-17-28-25(29)19-24(22-14-7-4-8-15-22)23(26(27)30)16-10-9-13-21-11-5-3-6-12-21/h3-8,11-12,14-15,17-18,20,23-24H,9-10,13,16,19H2,1-2H3,(H2,27,30). The van der Waals surface area contributed by atoms with Crippen LogP contribution >= 0.6 is 0 Å². The number of hydrogen-bond acceptors (Lipinski definition) is 2. The molecule has 0 fully saturated rings. The fourth-order valence-electron chi connectivity index (χ4n) is 4.24. The average Bonchev–Trinajstić information content (AvgIpc) is 3.22. The first-order valence-electron chi connectivity index (χ1n) is 11.0. The van der Waals surface area contributed by atoms with Gasteiger partial charge in [-0.2, -0.15) is 0 Å². The second-order valence-electron chi connectivity index (χ2n) is 8.31. The van der Waals surface area contributed by atoms with Gasteiger partial charge in [-0.25, -0.2) is 4.98 Å². The lowest BCUT2D eigenvalue weighted by Crippen LogP contribution is -2.30. The van der Waals surface area contributed by atoms with E-state index in [-0.39, 0.29) is 17.7 Å². The van der Waals surface area contributed by atoms with Crippen LogP contribution in [0.3, 0.4) is 0 Å². The van der Waals surface area contributed by atoms with Gasteiger partial charge in [-0.05, 0) is 44.2 Å². The molecule has 1 aromatic heterocycles. The molecule has 2 atom stereocenters. The van der Waals surface area contributed by atoms with Crippen LogP contribution in [0.4, 0.5) is 0 Å². The Hall–Kier alpha value is -2.88. The molecule has 2 aromatic carbocycles. The molecule has 4 heteroatoms. The van der Waals surface area contributed by atoms with Gasteiger partial charge >= 0.3 is 0 Å². The number of amides is 1. The molecule has 1 heterocycles. The Morgan fingerprint density at radius 2 is 1.67 bits per heavy atom. The summed E-state index contributed by atoms with van der Waals surface area (Å²) < 4.78 is 2.18. The summed E-state index contributed by atoms with van der Waals surface area (Å²) in [7, 11) is 0. The molecule has 3 rings (SSSR count). The zero-order valence-corrected chi connectivity index (χ0v) is 18.1. The summed E-state index contributed by atoms with van der Waals surface area (Å²) in [5, 5.41) is 0. The number of carbonyl (C=O) groups excluding carboxylic acids is 1. The van der Waals surface area contributed by atoms with Crippen molar-refractivity contribution in [3.8, 4) is 0 Å². The summed E-state index contributed by atoms with van der Waals surface area (Å²) in [4.78, 5) is 17.1. The highest BCUT2D eigenvalue weighted by Gasteiger charge is 2.29. The number of carbonyl (C=O) groups is 1. The Labute approximate surface area is 180 Å². The topological polar surface area (TPSA) is 60.9 Å². The number of nitrogens with zero attached hydrogens (tertiary/aromatic N) is 2. The quantitative estimate of drug-likeness (QED) is 0.441. The number of rotatable bonds is 11. The molecule has 0 saturated carbocycles. The fraction of sp³-hybridized carbons (Fsp3) is 0.385. The van der Waals surface area contributed by atoms with Crippen LogP contribution in [0.25, 0.3) is 0 Å². The van der Waals surface area contributed by atoms with E-state index >= 15 is 0 Å². The number of aryl methyl sites for hydroxylation is 1. The van der Waals surface area contributed by atoms with Crippen molar-refractivity contribution in [2.45, 2.75) is 57.9 Å². The minimum atomic E-state index is -0.216. The van der Waals surface area contributed by atoms with Gasteiger partial charge < -0.3 is 10.3 Å². The van der Waals surface area contributed by atoms with Crippen LogP contribution in [0, 0.1) is 5.92 Å². The number of benzene rings is 2. The molecule has 3 aromatic rings. The van der Waals surface area contributed by atoms with Gasteiger partial charge in [0.1, 0.15) is 5.82 Å². The summed E-state index contributed by atoms with van der Waals surface area (Å²) >= 11 is 0. The van der Waals surface area contributed by atoms with E-state index in [1.54, 1.807) is 0 Å². The smallest absolute Gasteiger partial charge is 0.221 e. The van der Waals surface area contributed by atoms with Crippen molar-refractivity contribution in [2.75, 3.05) is 0 Å². The van der Waals surface area contributed by atoms with Crippen LogP contribution in [0.15, 0.2) is 73.1 Å². The Morgan fingerprint density at radius 3 is 2.30 bits per heavy atom. The first-order valence-corrected chi connectivity index (χ1v) is 11.0. The predicted molar refractivity (Wildman–Crippen MR) is 122 cm³/mol. The molecule has 0 aliphatic heterocycles. The van der Waals surface area contributed by atoms with Crippen LogP contribution < -0.4 is 5.73 Å². The maximum absolute atomic E-state index is 12.5. The SMILES string of the molecule is CC(C)n1ccnc1CC(c1ccccc1)C(CCCCc1ccccc1)C(N)=O. The molecule has 0 bridgehead atoms. The molecule has 30 heavy (non-hydrogen) atoms. The average molecular weight is 404 g/mol. The van der Waals surface area contributed by atoms with Crippen molar-refractivity contribution in [3.05, 3.63) is 90.0 Å². The Kier molecular flexibility index (Phi) is 7.83. The van der Waals surface area contributed by atoms with E-state index in [1.165, 1.54) is 5.56 Å². The molecule has 0 radical (unpaired) electrons. The number of nitrogens with two attached hydrogens (primary N) is 1. The van der Waals surface area contributed by atoms with E-state index in [2.05, 4.69) is 59.8 Å². The molecule has 0 aliphatic rings. The zero-order chi connectivity index (χ0) is 21.3. The van der Waals surface area contributed by atoms with Crippen molar-refractivity contribution in [1.29, 1.82) is 0 Å². The summed E-state index contributed by atoms with van der Waals surface area (Å²) in [6.45, 7) is 4.30. The van der Waals surface area contributed by atoms with Crippen LogP contribution in [-0.2, 0) is 17.6 Å². The number of unbranched alkanes of at least 4 members (excludes halogenated alkanes) is 1. The number of hydrogen-bond donors (Lipinski definition) is 1. The van der Waals surface area contributed by atoms with Gasteiger partial charge in [0, 0.05) is 36.7 Å². The molecular formula is C26H33N3O. The van der Waals surface area contributed by atoms with E-state index < -0.39 is 0 Å². The number of primary amides is 1. The van der Waals surface area contributed by atoms with Crippen molar-refractivity contribution >= 4 is 5.91 Å². The summed E-state index contributed by atoms with van der Waals surface area (Å²) in [5.41, 5.74) is 8.42. The molecule has 0 saturated heterocycles. The minimum absolute atomic E-state index is 0.0281. The van der Waals surface area contributed by atoms with Crippen molar-refractivity contribution in [2.24, 2.45) is 11.7 Å². The molecule has 0 aliphatic carbocycles. The molecule has 158 valence electrons. The highest BCUT2D eigenvalue weighted by atomic mass is 16.1. The monoisotopic (exact) mass is 403 g/mol. The lowest BCUT2D eigenvalue weighted by Gasteiger charge is -2.26. The Balaban J connectivity index is 1.75. The third-order valence-electron chi connectivity index (χ3n) is 5.86. The van der Waals surface area contributed by atoms with E-state index in [0.29, 0.717) is 12.5 Å². The maximum Gasteiger partial charge on any atom is 0.221 e. The maximum atomic E-state index is 12.5. The fourth-order valence-corrected chi connectivity index (χ4v) is 4.24. The third-order valence-corrected chi connectivity index (χ3v) is 5.86. The molecule has 2 N–H and O–H groups in total.